The fourth-order valence-corrected chi connectivity index (χ4v) is 3.11. The molecular formula is C17H22ClF3N2O. The van der Waals surface area contributed by atoms with Crippen LogP contribution in [0.4, 0.5) is 18.9 Å². The second-order valence-electron chi connectivity index (χ2n) is 6.12. The van der Waals surface area contributed by atoms with Crippen molar-refractivity contribution < 1.29 is 18.0 Å². The molecular weight excluding hydrogens is 341 g/mol. The minimum absolute atomic E-state index is 0.0268. The summed E-state index contributed by atoms with van der Waals surface area (Å²) in [5, 5.41) is 5.69. The number of hydrogen-bond acceptors (Lipinski definition) is 2. The summed E-state index contributed by atoms with van der Waals surface area (Å²) >= 11 is 5.64. The third kappa shape index (κ3) is 5.89. The summed E-state index contributed by atoms with van der Waals surface area (Å²) in [6, 6.07) is 3.76. The van der Waals surface area contributed by atoms with Gasteiger partial charge in [0.25, 0.3) is 0 Å². The minimum atomic E-state index is -4.49. The van der Waals surface area contributed by atoms with Gasteiger partial charge in [-0.2, -0.15) is 13.2 Å². The Morgan fingerprint density at radius 2 is 1.83 bits per heavy atom. The molecule has 0 heterocycles. The quantitative estimate of drug-likeness (QED) is 0.724. The first-order chi connectivity index (χ1) is 11.4. The molecule has 1 fully saturated rings. The molecule has 7 heteroatoms. The van der Waals surface area contributed by atoms with Crippen molar-refractivity contribution in [1.82, 2.24) is 5.32 Å². The summed E-state index contributed by atoms with van der Waals surface area (Å²) in [6.45, 7) is 0.142. The highest BCUT2D eigenvalue weighted by molar-refractivity contribution is 6.30. The van der Waals surface area contributed by atoms with Gasteiger partial charge in [-0.1, -0.05) is 37.3 Å². The van der Waals surface area contributed by atoms with E-state index in [4.69, 9.17) is 11.6 Å². The monoisotopic (exact) mass is 362 g/mol. The van der Waals surface area contributed by atoms with E-state index in [1.54, 1.807) is 0 Å². The molecule has 0 atom stereocenters. The number of nitrogens with one attached hydrogen (secondary N) is 2. The number of benzene rings is 1. The van der Waals surface area contributed by atoms with Crippen LogP contribution in [0.3, 0.4) is 0 Å². The average Bonchev–Trinajstić information content (AvgIpc) is 2.76. The van der Waals surface area contributed by atoms with Gasteiger partial charge in [-0.05, 0) is 31.0 Å². The predicted octanol–water partition coefficient (Wildman–Crippen LogP) is 5.00. The Hall–Kier alpha value is -1.43. The van der Waals surface area contributed by atoms with Crippen LogP contribution in [0.2, 0.25) is 5.02 Å². The summed E-state index contributed by atoms with van der Waals surface area (Å²) in [6.07, 6.45) is 2.23. The summed E-state index contributed by atoms with van der Waals surface area (Å²) in [4.78, 5) is 12.0. The lowest BCUT2D eigenvalue weighted by molar-refractivity contribution is -0.137. The van der Waals surface area contributed by atoms with Crippen LogP contribution in [0.5, 0.6) is 0 Å². The molecule has 134 valence electrons. The van der Waals surface area contributed by atoms with Crippen LogP contribution in [0.15, 0.2) is 18.2 Å². The molecule has 3 nitrogen and oxygen atoms in total. The molecule has 0 unspecified atom stereocenters. The average molecular weight is 363 g/mol. The summed E-state index contributed by atoms with van der Waals surface area (Å²) in [7, 11) is 0. The zero-order chi connectivity index (χ0) is 17.6. The number of amides is 1. The molecule has 0 radical (unpaired) electrons. The van der Waals surface area contributed by atoms with Crippen molar-refractivity contribution in [3.63, 3.8) is 0 Å². The lowest BCUT2D eigenvalue weighted by atomic mass is 10.1. The van der Waals surface area contributed by atoms with Gasteiger partial charge in [0.05, 0.1) is 5.56 Å². The normalized spacial score (nSPS) is 16.5. The van der Waals surface area contributed by atoms with Crippen LogP contribution in [-0.4, -0.2) is 18.5 Å². The number of carbonyl (C=O) groups is 1. The van der Waals surface area contributed by atoms with Gasteiger partial charge < -0.3 is 10.6 Å². The Labute approximate surface area is 145 Å². The van der Waals surface area contributed by atoms with E-state index < -0.39 is 11.7 Å². The van der Waals surface area contributed by atoms with E-state index in [1.807, 2.05) is 0 Å². The Balaban J connectivity index is 1.84. The molecule has 1 saturated carbocycles. The molecule has 24 heavy (non-hydrogen) atoms. The van der Waals surface area contributed by atoms with Gasteiger partial charge in [0.1, 0.15) is 0 Å². The zero-order valence-electron chi connectivity index (χ0n) is 13.4. The van der Waals surface area contributed by atoms with Gasteiger partial charge in [-0.15, -0.1) is 0 Å². The first-order valence-corrected chi connectivity index (χ1v) is 8.64. The maximum Gasteiger partial charge on any atom is 0.418 e. The molecule has 0 aromatic heterocycles. The first kappa shape index (κ1) is 18.9. The van der Waals surface area contributed by atoms with Gasteiger partial charge in [0, 0.05) is 29.7 Å². The van der Waals surface area contributed by atoms with E-state index in [1.165, 1.54) is 25.0 Å². The van der Waals surface area contributed by atoms with Crippen LogP contribution in [0, 0.1) is 0 Å². The van der Waals surface area contributed by atoms with E-state index in [-0.39, 0.29) is 35.6 Å². The van der Waals surface area contributed by atoms with Crippen LogP contribution < -0.4 is 10.6 Å². The number of halogens is 4. The highest BCUT2D eigenvalue weighted by Gasteiger charge is 2.33. The van der Waals surface area contributed by atoms with Gasteiger partial charge in [-0.3, -0.25) is 4.79 Å². The fourth-order valence-electron chi connectivity index (χ4n) is 2.94. The van der Waals surface area contributed by atoms with Crippen LogP contribution in [0.1, 0.15) is 50.5 Å². The van der Waals surface area contributed by atoms with Gasteiger partial charge >= 0.3 is 6.18 Å². The Bertz CT molecular complexity index is 555. The molecule has 0 saturated heterocycles. The van der Waals surface area contributed by atoms with E-state index in [0.717, 1.165) is 31.7 Å². The molecule has 1 aromatic rings. The Kier molecular flexibility index (Phi) is 6.78. The molecule has 0 aliphatic heterocycles. The third-order valence-corrected chi connectivity index (χ3v) is 4.41. The van der Waals surface area contributed by atoms with Crippen molar-refractivity contribution >= 4 is 23.2 Å². The maximum atomic E-state index is 13.0. The first-order valence-electron chi connectivity index (χ1n) is 8.26. The highest BCUT2D eigenvalue weighted by atomic mass is 35.5. The second kappa shape index (κ2) is 8.60. The van der Waals surface area contributed by atoms with Crippen molar-refractivity contribution in [3.8, 4) is 0 Å². The van der Waals surface area contributed by atoms with Crippen molar-refractivity contribution in [2.45, 2.75) is 57.2 Å². The van der Waals surface area contributed by atoms with E-state index in [0.29, 0.717) is 0 Å². The van der Waals surface area contributed by atoms with E-state index in [2.05, 4.69) is 10.6 Å². The van der Waals surface area contributed by atoms with Crippen LogP contribution in [0.25, 0.3) is 0 Å². The second-order valence-corrected chi connectivity index (χ2v) is 6.56. The molecule has 1 amide bonds. The molecule has 0 spiro atoms. The summed E-state index contributed by atoms with van der Waals surface area (Å²) < 4.78 is 39.0. The lowest BCUT2D eigenvalue weighted by Crippen LogP contribution is -2.35. The zero-order valence-corrected chi connectivity index (χ0v) is 14.1. The van der Waals surface area contributed by atoms with Crippen molar-refractivity contribution in [2.75, 3.05) is 11.9 Å². The number of anilines is 1. The number of carbonyl (C=O) groups excluding carboxylic acids is 1. The van der Waals surface area contributed by atoms with E-state index in [9.17, 15) is 18.0 Å². The maximum absolute atomic E-state index is 13.0. The molecule has 2 N–H and O–H groups in total. The van der Waals surface area contributed by atoms with Crippen molar-refractivity contribution in [3.05, 3.63) is 28.8 Å². The smallest absolute Gasteiger partial charge is 0.384 e. The fraction of sp³-hybridized carbons (Fsp3) is 0.588. The number of alkyl halides is 3. The predicted molar refractivity (Wildman–Crippen MR) is 89.2 cm³/mol. The van der Waals surface area contributed by atoms with Crippen LogP contribution >= 0.6 is 11.6 Å². The minimum Gasteiger partial charge on any atom is -0.384 e. The topological polar surface area (TPSA) is 41.1 Å². The molecule has 2 rings (SSSR count). The van der Waals surface area contributed by atoms with Gasteiger partial charge in [0.15, 0.2) is 0 Å². The highest BCUT2D eigenvalue weighted by Crippen LogP contribution is 2.36. The van der Waals surface area contributed by atoms with Crippen LogP contribution in [-0.2, 0) is 11.0 Å². The molecule has 1 aliphatic rings. The van der Waals surface area contributed by atoms with Gasteiger partial charge in [-0.25, -0.2) is 0 Å². The molecule has 1 aromatic carbocycles. The standard InChI is InChI=1S/C17H22ClF3N2O/c18-12-7-8-15(14(11-12)17(19,20)21)22-10-9-16(24)23-13-5-3-1-2-4-6-13/h7-8,11,13,22H,1-6,9-10H2,(H,23,24). The van der Waals surface area contributed by atoms with Gasteiger partial charge in [0.2, 0.25) is 5.91 Å². The summed E-state index contributed by atoms with van der Waals surface area (Å²) in [5.74, 6) is -0.128. The lowest BCUT2D eigenvalue weighted by Gasteiger charge is -2.17. The van der Waals surface area contributed by atoms with Crippen molar-refractivity contribution in [1.29, 1.82) is 0 Å². The molecule has 1 aliphatic carbocycles. The SMILES string of the molecule is O=C(CCNc1ccc(Cl)cc1C(F)(F)F)NC1CCCCCC1. The molecule has 0 bridgehead atoms. The number of hydrogen-bond donors (Lipinski definition) is 2. The van der Waals surface area contributed by atoms with E-state index >= 15 is 0 Å². The summed E-state index contributed by atoms with van der Waals surface area (Å²) in [5.41, 5.74) is -0.881. The number of rotatable bonds is 5. The largest absolute Gasteiger partial charge is 0.418 e. The third-order valence-electron chi connectivity index (χ3n) is 4.17. The Morgan fingerprint density at radius 1 is 1.17 bits per heavy atom. The Morgan fingerprint density at radius 3 is 2.46 bits per heavy atom. The van der Waals surface area contributed by atoms with Crippen molar-refractivity contribution in [2.24, 2.45) is 0 Å².